The predicted molar refractivity (Wildman–Crippen MR) is 153 cm³/mol. The van der Waals surface area contributed by atoms with Crippen molar-refractivity contribution < 1.29 is 9.53 Å². The van der Waals surface area contributed by atoms with Gasteiger partial charge in [0, 0.05) is 18.6 Å². The Bertz CT molecular complexity index is 849. The number of rotatable bonds is 8. The van der Waals surface area contributed by atoms with Crippen LogP contribution in [0.15, 0.2) is 66.7 Å². The number of carbonyl (C=O) groups excluding carboxylic acids is 1. The Morgan fingerprint density at radius 2 is 1.43 bits per heavy atom. The highest BCUT2D eigenvalue weighted by Gasteiger charge is 2.38. The fourth-order valence-corrected chi connectivity index (χ4v) is 6.80. The predicted octanol–water partition coefficient (Wildman–Crippen LogP) is 7.59. The lowest BCUT2D eigenvalue weighted by molar-refractivity contribution is 0.0810. The van der Waals surface area contributed by atoms with E-state index in [1.807, 2.05) is 36.4 Å². The topological polar surface area (TPSA) is 32.8 Å². The van der Waals surface area contributed by atoms with Gasteiger partial charge in [0.25, 0.3) is 0 Å². The van der Waals surface area contributed by atoms with E-state index in [-0.39, 0.29) is 6.09 Å². The maximum absolute atomic E-state index is 12.5. The van der Waals surface area contributed by atoms with Gasteiger partial charge in [-0.2, -0.15) is 0 Å². The number of piperidine rings is 1. The minimum absolute atomic E-state index is 0.0890. The zero-order chi connectivity index (χ0) is 25.7. The normalized spacial score (nSPS) is 22.8. The zero-order valence-electron chi connectivity index (χ0n) is 23.0. The van der Waals surface area contributed by atoms with Gasteiger partial charge < -0.3 is 14.5 Å². The molecular formula is C33H48N2O2. The number of methoxy groups -OCH3 is 1. The number of hydrogen-bond acceptors (Lipinski definition) is 3. The average Bonchev–Trinajstić information content (AvgIpc) is 3.65. The molecule has 4 heteroatoms. The molecule has 2 atom stereocenters. The lowest BCUT2D eigenvalue weighted by Crippen LogP contribution is -2.45. The van der Waals surface area contributed by atoms with E-state index in [4.69, 9.17) is 4.74 Å². The van der Waals surface area contributed by atoms with Crippen molar-refractivity contribution in [2.24, 2.45) is 11.8 Å². The van der Waals surface area contributed by atoms with E-state index in [0.717, 1.165) is 31.1 Å². The van der Waals surface area contributed by atoms with Crippen LogP contribution < -0.4 is 0 Å². The van der Waals surface area contributed by atoms with Gasteiger partial charge in [0.2, 0.25) is 0 Å². The summed E-state index contributed by atoms with van der Waals surface area (Å²) in [4.78, 5) is 17.3. The van der Waals surface area contributed by atoms with Crippen LogP contribution in [0.25, 0.3) is 0 Å². The van der Waals surface area contributed by atoms with Crippen LogP contribution in [0.2, 0.25) is 0 Å². The van der Waals surface area contributed by atoms with E-state index in [1.165, 1.54) is 83.0 Å². The third-order valence-electron chi connectivity index (χ3n) is 8.82. The summed E-state index contributed by atoms with van der Waals surface area (Å²) in [5.74, 6) is 1.65. The number of nitrogens with zero attached hydrogens (tertiary/aromatic N) is 2. The Kier molecular flexibility index (Phi) is 11.4. The largest absolute Gasteiger partial charge is 0.453 e. The Balaban J connectivity index is 0.000000469. The molecule has 2 aromatic rings. The first-order valence-corrected chi connectivity index (χ1v) is 14.9. The van der Waals surface area contributed by atoms with E-state index in [1.54, 1.807) is 7.11 Å². The minimum atomic E-state index is -0.0890. The number of amides is 1. The molecule has 0 N–H and O–H groups in total. The number of carbonyl (C=O) groups is 1. The molecule has 0 spiro atoms. The first-order valence-electron chi connectivity index (χ1n) is 14.9. The average molecular weight is 505 g/mol. The SMILES string of the molecule is COC(=O)N(C1CCCC1)C1CCC(CN2CCC(CCCc3ccccc3)CC2)C1.c1ccccc1. The summed E-state index contributed by atoms with van der Waals surface area (Å²) in [5, 5.41) is 0. The molecule has 2 unspecified atom stereocenters. The third kappa shape index (κ3) is 8.88. The number of benzene rings is 2. The molecule has 37 heavy (non-hydrogen) atoms. The summed E-state index contributed by atoms with van der Waals surface area (Å²) >= 11 is 0. The summed E-state index contributed by atoms with van der Waals surface area (Å²) in [6, 6.07) is 23.7. The van der Waals surface area contributed by atoms with Crippen LogP contribution in [-0.2, 0) is 11.2 Å². The van der Waals surface area contributed by atoms with Crippen LogP contribution in [0.3, 0.4) is 0 Å². The van der Waals surface area contributed by atoms with Crippen molar-refractivity contribution in [3.05, 3.63) is 72.3 Å². The van der Waals surface area contributed by atoms with Crippen molar-refractivity contribution >= 4 is 6.09 Å². The number of aryl methyl sites for hydroxylation is 1. The Morgan fingerprint density at radius 1 is 0.811 bits per heavy atom. The van der Waals surface area contributed by atoms with E-state index in [9.17, 15) is 4.79 Å². The van der Waals surface area contributed by atoms with Gasteiger partial charge in [-0.15, -0.1) is 0 Å². The highest BCUT2D eigenvalue weighted by atomic mass is 16.5. The van der Waals surface area contributed by atoms with E-state index in [0.29, 0.717) is 12.1 Å². The molecule has 202 valence electrons. The van der Waals surface area contributed by atoms with Gasteiger partial charge in [-0.05, 0) is 88.3 Å². The first-order chi connectivity index (χ1) is 18.2. The van der Waals surface area contributed by atoms with Crippen LogP contribution in [0.1, 0.15) is 76.2 Å². The molecule has 0 bridgehead atoms. The number of ether oxygens (including phenoxy) is 1. The summed E-state index contributed by atoms with van der Waals surface area (Å²) in [7, 11) is 1.54. The van der Waals surface area contributed by atoms with Crippen molar-refractivity contribution in [3.63, 3.8) is 0 Å². The summed E-state index contributed by atoms with van der Waals surface area (Å²) in [6.07, 6.45) is 15.0. The minimum Gasteiger partial charge on any atom is -0.453 e. The molecular weight excluding hydrogens is 456 g/mol. The molecule has 0 aromatic heterocycles. The first kappa shape index (κ1) is 27.7. The van der Waals surface area contributed by atoms with Crippen molar-refractivity contribution in [1.29, 1.82) is 0 Å². The molecule has 1 amide bonds. The highest BCUT2D eigenvalue weighted by Crippen LogP contribution is 2.36. The molecule has 1 heterocycles. The second kappa shape index (κ2) is 15.2. The Hall–Kier alpha value is -2.33. The van der Waals surface area contributed by atoms with Crippen LogP contribution in [0.4, 0.5) is 4.79 Å². The fraction of sp³-hybridized carbons (Fsp3) is 0.606. The molecule has 2 saturated carbocycles. The van der Waals surface area contributed by atoms with Gasteiger partial charge in [0.1, 0.15) is 0 Å². The fourth-order valence-electron chi connectivity index (χ4n) is 6.80. The molecule has 1 saturated heterocycles. The lowest BCUT2D eigenvalue weighted by atomic mass is 9.90. The molecule has 5 rings (SSSR count). The van der Waals surface area contributed by atoms with Crippen molar-refractivity contribution in [3.8, 4) is 0 Å². The molecule has 2 aromatic carbocycles. The highest BCUT2D eigenvalue weighted by molar-refractivity contribution is 5.68. The van der Waals surface area contributed by atoms with E-state index >= 15 is 0 Å². The second-order valence-corrected chi connectivity index (χ2v) is 11.4. The third-order valence-corrected chi connectivity index (χ3v) is 8.82. The standard InChI is InChI=1S/C27H42N2O2.C6H6/c1-31-27(30)29(25-12-5-6-13-25)26-15-14-24(20-26)21-28-18-16-23(17-19-28)11-7-10-22-8-3-2-4-9-22;1-2-4-6-5-3-1/h2-4,8-9,23-26H,5-7,10-21H2,1H3;1-6H. The second-order valence-electron chi connectivity index (χ2n) is 11.4. The molecule has 4 nitrogen and oxygen atoms in total. The maximum atomic E-state index is 12.5. The van der Waals surface area contributed by atoms with Crippen LogP contribution >= 0.6 is 0 Å². The van der Waals surface area contributed by atoms with Crippen LogP contribution in [0, 0.1) is 11.8 Å². The quantitative estimate of drug-likeness (QED) is 0.371. The lowest BCUT2D eigenvalue weighted by Gasteiger charge is -2.35. The van der Waals surface area contributed by atoms with Gasteiger partial charge in [0.05, 0.1) is 7.11 Å². The molecule has 0 radical (unpaired) electrons. The van der Waals surface area contributed by atoms with Crippen LogP contribution in [-0.4, -0.2) is 54.7 Å². The van der Waals surface area contributed by atoms with Gasteiger partial charge in [-0.1, -0.05) is 86.0 Å². The Morgan fingerprint density at radius 3 is 2.05 bits per heavy atom. The number of likely N-dealkylation sites (tertiary alicyclic amines) is 1. The maximum Gasteiger partial charge on any atom is 0.409 e. The van der Waals surface area contributed by atoms with Crippen LogP contribution in [0.5, 0.6) is 0 Å². The monoisotopic (exact) mass is 504 g/mol. The van der Waals surface area contributed by atoms with Gasteiger partial charge in [0.15, 0.2) is 0 Å². The molecule has 2 aliphatic carbocycles. The van der Waals surface area contributed by atoms with Gasteiger partial charge in [-0.3, -0.25) is 0 Å². The molecule has 3 fully saturated rings. The molecule has 1 aliphatic heterocycles. The smallest absolute Gasteiger partial charge is 0.409 e. The zero-order valence-corrected chi connectivity index (χ0v) is 23.0. The summed E-state index contributed by atoms with van der Waals surface area (Å²) in [5.41, 5.74) is 1.48. The Labute approximate surface area is 225 Å². The van der Waals surface area contributed by atoms with Crippen molar-refractivity contribution in [2.75, 3.05) is 26.7 Å². The van der Waals surface area contributed by atoms with Crippen molar-refractivity contribution in [1.82, 2.24) is 9.80 Å². The van der Waals surface area contributed by atoms with E-state index in [2.05, 4.69) is 40.1 Å². The van der Waals surface area contributed by atoms with Crippen molar-refractivity contribution in [2.45, 2.75) is 89.1 Å². The van der Waals surface area contributed by atoms with Gasteiger partial charge >= 0.3 is 6.09 Å². The summed E-state index contributed by atoms with van der Waals surface area (Å²) < 4.78 is 5.17. The molecule has 3 aliphatic rings. The van der Waals surface area contributed by atoms with E-state index < -0.39 is 0 Å². The number of hydrogen-bond donors (Lipinski definition) is 0. The van der Waals surface area contributed by atoms with Gasteiger partial charge in [-0.25, -0.2) is 4.79 Å². The summed E-state index contributed by atoms with van der Waals surface area (Å²) in [6.45, 7) is 3.76.